The number of hydrogen-bond donors (Lipinski definition) is 2. The quantitative estimate of drug-likeness (QED) is 0.0197. The summed E-state index contributed by atoms with van der Waals surface area (Å²) in [6.45, 7) is 4.46. The first kappa shape index (κ1) is 68.9. The highest BCUT2D eigenvalue weighted by atomic mass is 31.2. The third-order valence-corrected chi connectivity index (χ3v) is 13.1. The molecule has 0 spiro atoms. The second-order valence-corrected chi connectivity index (χ2v) is 20.5. The largest absolute Gasteiger partial charge is 0.472 e. The van der Waals surface area contributed by atoms with Crippen molar-refractivity contribution in [2.45, 2.75) is 264 Å². The van der Waals surface area contributed by atoms with Crippen LogP contribution < -0.4 is 0 Å². The first-order valence-electron chi connectivity index (χ1n) is 28.8. The number of rotatable bonds is 53. The standard InChI is InChI=1S/C60H105O11P/c1-4-7-10-13-16-19-22-25-26-27-28-29-30-33-36-39-42-45-48-51-60(64)71-57(53-67-58(62)49-46-43-40-37-34-31-23-20-17-14-11-8-5-2)55-69-72(65,66)68-54-56(52-61)70-59(63)50-47-44-41-38-35-32-24-21-18-15-12-9-6-3/h8,11,16-17,19-20,25-26,28-29,31,34,56-57,61H,4-7,9-10,12-15,18,21-24,27,30,32-33,35-55H2,1-3H3,(H,65,66)/b11-8-,19-16-,20-17-,26-25-,29-28-,34-31-. The molecule has 11 nitrogen and oxygen atoms in total. The van der Waals surface area contributed by atoms with Crippen LogP contribution in [0.2, 0.25) is 0 Å². The topological polar surface area (TPSA) is 155 Å². The summed E-state index contributed by atoms with van der Waals surface area (Å²) in [7, 11) is -4.76. The maximum atomic E-state index is 12.9. The van der Waals surface area contributed by atoms with Gasteiger partial charge in [-0.15, -0.1) is 0 Å². The van der Waals surface area contributed by atoms with Gasteiger partial charge in [0.1, 0.15) is 12.7 Å². The van der Waals surface area contributed by atoms with Gasteiger partial charge in [-0.3, -0.25) is 23.4 Å². The molecule has 0 aliphatic carbocycles. The van der Waals surface area contributed by atoms with E-state index in [4.69, 9.17) is 23.3 Å². The molecule has 2 N–H and O–H groups in total. The minimum Gasteiger partial charge on any atom is -0.462 e. The maximum Gasteiger partial charge on any atom is 0.472 e. The average Bonchev–Trinajstić information content (AvgIpc) is 3.37. The van der Waals surface area contributed by atoms with Crippen LogP contribution in [0.3, 0.4) is 0 Å². The number of phosphoric ester groups is 1. The monoisotopic (exact) mass is 1030 g/mol. The van der Waals surface area contributed by atoms with Crippen molar-refractivity contribution in [3.05, 3.63) is 72.9 Å². The van der Waals surface area contributed by atoms with Crippen molar-refractivity contribution < 1.29 is 52.2 Å². The van der Waals surface area contributed by atoms with Crippen LogP contribution in [-0.2, 0) is 42.2 Å². The molecule has 0 saturated carbocycles. The van der Waals surface area contributed by atoms with E-state index in [0.29, 0.717) is 19.3 Å². The fourth-order valence-electron chi connectivity index (χ4n) is 7.73. The molecule has 0 fully saturated rings. The van der Waals surface area contributed by atoms with E-state index in [-0.39, 0.29) is 25.9 Å². The smallest absolute Gasteiger partial charge is 0.462 e. The van der Waals surface area contributed by atoms with Crippen molar-refractivity contribution in [1.29, 1.82) is 0 Å². The van der Waals surface area contributed by atoms with E-state index in [1.807, 2.05) is 0 Å². The Balaban J connectivity index is 4.76. The van der Waals surface area contributed by atoms with Gasteiger partial charge in [0.2, 0.25) is 0 Å². The van der Waals surface area contributed by atoms with Gasteiger partial charge < -0.3 is 24.2 Å². The predicted molar refractivity (Wildman–Crippen MR) is 298 cm³/mol. The summed E-state index contributed by atoms with van der Waals surface area (Å²) < 4.78 is 39.5. The van der Waals surface area contributed by atoms with E-state index in [9.17, 15) is 28.9 Å². The van der Waals surface area contributed by atoms with Gasteiger partial charge in [-0.25, -0.2) is 4.57 Å². The zero-order valence-corrected chi connectivity index (χ0v) is 46.8. The summed E-state index contributed by atoms with van der Waals surface area (Å²) in [6, 6.07) is 0. The highest BCUT2D eigenvalue weighted by molar-refractivity contribution is 7.47. The molecule has 12 heteroatoms. The van der Waals surface area contributed by atoms with Crippen LogP contribution in [-0.4, -0.2) is 66.5 Å². The molecular weight excluding hydrogens is 928 g/mol. The van der Waals surface area contributed by atoms with Crippen LogP contribution in [0.15, 0.2) is 72.9 Å². The number of phosphoric acid groups is 1. The number of aliphatic hydroxyl groups excluding tert-OH is 1. The van der Waals surface area contributed by atoms with Crippen LogP contribution >= 0.6 is 7.82 Å². The molecular formula is C60H105O11P. The van der Waals surface area contributed by atoms with Crippen LogP contribution in [0.5, 0.6) is 0 Å². The van der Waals surface area contributed by atoms with Gasteiger partial charge >= 0.3 is 25.7 Å². The summed E-state index contributed by atoms with van der Waals surface area (Å²) in [4.78, 5) is 48.5. The summed E-state index contributed by atoms with van der Waals surface area (Å²) in [5.74, 6) is -1.51. The van der Waals surface area contributed by atoms with Gasteiger partial charge in [-0.1, -0.05) is 216 Å². The van der Waals surface area contributed by atoms with Crippen LogP contribution in [0, 0.1) is 0 Å². The lowest BCUT2D eigenvalue weighted by Crippen LogP contribution is -2.30. The SMILES string of the molecule is CC/C=C\C/C=C\C/C=C\CCCCCC(=O)OCC(COP(=O)(O)OCC(CO)OC(=O)CCCCCCCCCCCCCCC)OC(=O)CCCCCCCC/C=C\C/C=C\C/C=C\CCCCC. The molecule has 0 aromatic heterocycles. The number of esters is 3. The molecule has 0 aromatic carbocycles. The molecule has 0 aliphatic rings. The fourth-order valence-corrected chi connectivity index (χ4v) is 8.51. The molecule has 0 aliphatic heterocycles. The van der Waals surface area contributed by atoms with E-state index >= 15 is 0 Å². The van der Waals surface area contributed by atoms with Crippen molar-refractivity contribution in [3.63, 3.8) is 0 Å². The van der Waals surface area contributed by atoms with Crippen molar-refractivity contribution in [3.8, 4) is 0 Å². The highest BCUT2D eigenvalue weighted by Gasteiger charge is 2.28. The van der Waals surface area contributed by atoms with Gasteiger partial charge in [0.05, 0.1) is 19.8 Å². The van der Waals surface area contributed by atoms with E-state index in [0.717, 1.165) is 109 Å². The van der Waals surface area contributed by atoms with E-state index in [1.165, 1.54) is 83.5 Å². The van der Waals surface area contributed by atoms with Gasteiger partial charge in [-0.2, -0.15) is 0 Å². The fraction of sp³-hybridized carbons (Fsp3) is 0.750. The van der Waals surface area contributed by atoms with E-state index in [2.05, 4.69) is 93.7 Å². The number of ether oxygens (including phenoxy) is 3. The van der Waals surface area contributed by atoms with Gasteiger partial charge in [-0.05, 0) is 89.9 Å². The van der Waals surface area contributed by atoms with E-state index in [1.54, 1.807) is 0 Å². The zero-order valence-electron chi connectivity index (χ0n) is 45.9. The Bertz CT molecular complexity index is 1490. The van der Waals surface area contributed by atoms with Gasteiger partial charge in [0, 0.05) is 19.3 Å². The number of aliphatic hydroxyl groups is 1. The summed E-state index contributed by atoms with van der Waals surface area (Å²) >= 11 is 0. The lowest BCUT2D eigenvalue weighted by atomic mass is 10.0. The second-order valence-electron chi connectivity index (χ2n) is 19.1. The molecule has 0 rings (SSSR count). The third-order valence-electron chi connectivity index (χ3n) is 12.1. The van der Waals surface area contributed by atoms with Crippen molar-refractivity contribution in [1.82, 2.24) is 0 Å². The maximum absolute atomic E-state index is 12.9. The Morgan fingerprint density at radius 1 is 0.403 bits per heavy atom. The molecule has 0 radical (unpaired) electrons. The Morgan fingerprint density at radius 3 is 1.15 bits per heavy atom. The zero-order chi connectivity index (χ0) is 52.7. The molecule has 72 heavy (non-hydrogen) atoms. The second kappa shape index (κ2) is 54.2. The molecule has 3 atom stereocenters. The van der Waals surface area contributed by atoms with Crippen LogP contribution in [0.1, 0.15) is 252 Å². The lowest BCUT2D eigenvalue weighted by Gasteiger charge is -2.21. The Hall–Kier alpha value is -3.08. The molecule has 0 saturated heterocycles. The normalized spacial score (nSPS) is 13.9. The summed E-state index contributed by atoms with van der Waals surface area (Å²) in [6.07, 6.45) is 60.0. The first-order valence-corrected chi connectivity index (χ1v) is 30.3. The molecule has 0 aromatic rings. The van der Waals surface area contributed by atoms with Gasteiger partial charge in [0.25, 0.3) is 0 Å². The Labute approximate surface area is 439 Å². The number of unbranched alkanes of at least 4 members (excludes halogenated alkanes) is 24. The minimum atomic E-state index is -4.76. The van der Waals surface area contributed by atoms with Crippen molar-refractivity contribution >= 4 is 25.7 Å². The number of carbonyl (C=O) groups excluding carboxylic acids is 3. The molecule has 0 heterocycles. The molecule has 0 amide bonds. The van der Waals surface area contributed by atoms with Crippen molar-refractivity contribution in [2.24, 2.45) is 0 Å². The third kappa shape index (κ3) is 51.8. The summed E-state index contributed by atoms with van der Waals surface area (Å²) in [5.41, 5.74) is 0. The van der Waals surface area contributed by atoms with Crippen LogP contribution in [0.4, 0.5) is 0 Å². The molecule has 416 valence electrons. The Kier molecular flexibility index (Phi) is 51.9. The number of carbonyl (C=O) groups is 3. The van der Waals surface area contributed by atoms with Crippen molar-refractivity contribution in [2.75, 3.05) is 26.4 Å². The minimum absolute atomic E-state index is 0.145. The Morgan fingerprint density at radius 2 is 0.722 bits per heavy atom. The van der Waals surface area contributed by atoms with Gasteiger partial charge in [0.15, 0.2) is 6.10 Å². The number of hydrogen-bond acceptors (Lipinski definition) is 10. The highest BCUT2D eigenvalue weighted by Crippen LogP contribution is 2.43. The predicted octanol–water partition coefficient (Wildman–Crippen LogP) is 16.9. The average molecular weight is 1030 g/mol. The van der Waals surface area contributed by atoms with Crippen LogP contribution in [0.25, 0.3) is 0 Å². The first-order chi connectivity index (χ1) is 35.2. The number of allylic oxidation sites excluding steroid dienone is 12. The molecule has 3 unspecified atom stereocenters. The summed E-state index contributed by atoms with van der Waals surface area (Å²) in [5, 5.41) is 9.80. The molecule has 0 bridgehead atoms. The van der Waals surface area contributed by atoms with E-state index < -0.39 is 57.8 Å². The lowest BCUT2D eigenvalue weighted by molar-refractivity contribution is -0.161.